The lowest BCUT2D eigenvalue weighted by atomic mass is 10.1. The number of anilines is 1. The van der Waals surface area contributed by atoms with Crippen molar-refractivity contribution in [1.82, 2.24) is 14.9 Å². The minimum absolute atomic E-state index is 0.0508. The van der Waals surface area contributed by atoms with Gasteiger partial charge in [0.2, 0.25) is 0 Å². The topological polar surface area (TPSA) is 49.3 Å². The molecule has 1 aliphatic rings. The van der Waals surface area contributed by atoms with Gasteiger partial charge in [0, 0.05) is 50.2 Å². The van der Waals surface area contributed by atoms with Gasteiger partial charge in [-0.2, -0.15) is 0 Å². The lowest BCUT2D eigenvalue weighted by molar-refractivity contribution is 0.0746. The van der Waals surface area contributed by atoms with Gasteiger partial charge in [0.05, 0.1) is 16.3 Å². The van der Waals surface area contributed by atoms with E-state index in [1.165, 1.54) is 6.20 Å². The highest BCUT2D eigenvalue weighted by molar-refractivity contribution is 6.35. The van der Waals surface area contributed by atoms with E-state index in [-0.39, 0.29) is 17.2 Å². The normalized spacial score (nSPS) is 14.7. The minimum atomic E-state index is -0.378. The maximum atomic E-state index is 14.9. The molecule has 1 saturated heterocycles. The summed E-state index contributed by atoms with van der Waals surface area (Å²) in [5, 5.41) is 1.08. The smallest absolute Gasteiger partial charge is 0.255 e. The Kier molecular flexibility index (Phi) is 4.42. The van der Waals surface area contributed by atoms with E-state index in [0.29, 0.717) is 47.8 Å². The first-order chi connectivity index (χ1) is 12.6. The molecule has 3 heterocycles. The van der Waals surface area contributed by atoms with E-state index in [9.17, 15) is 9.18 Å². The first-order valence-electron chi connectivity index (χ1n) is 8.32. The van der Waals surface area contributed by atoms with Gasteiger partial charge in [-0.05, 0) is 30.3 Å². The van der Waals surface area contributed by atoms with Gasteiger partial charge in [-0.3, -0.25) is 14.8 Å². The molecule has 0 saturated carbocycles. The van der Waals surface area contributed by atoms with Crippen LogP contribution in [0.2, 0.25) is 5.02 Å². The van der Waals surface area contributed by atoms with E-state index in [0.717, 1.165) is 0 Å². The molecule has 0 unspecified atom stereocenters. The Morgan fingerprint density at radius 3 is 2.62 bits per heavy atom. The van der Waals surface area contributed by atoms with Crippen LogP contribution in [0.1, 0.15) is 10.4 Å². The number of amides is 1. The fourth-order valence-corrected chi connectivity index (χ4v) is 3.42. The van der Waals surface area contributed by atoms with Crippen LogP contribution in [0.3, 0.4) is 0 Å². The highest BCUT2D eigenvalue weighted by Crippen LogP contribution is 2.30. The van der Waals surface area contributed by atoms with Crippen molar-refractivity contribution in [3.8, 4) is 0 Å². The quantitative estimate of drug-likeness (QED) is 0.694. The standard InChI is InChI=1S/C19H16ClFN4O/c20-15-5-7-23-18-14(15)3-4-16(17(18)21)24-8-10-25(11-9-24)19(26)13-2-1-6-22-12-13/h1-7,12H,8-11H2. The van der Waals surface area contributed by atoms with E-state index in [1.54, 1.807) is 47.6 Å². The average Bonchev–Trinajstić information content (AvgIpc) is 2.69. The molecular weight excluding hydrogens is 355 g/mol. The average molecular weight is 371 g/mol. The third kappa shape index (κ3) is 2.97. The molecule has 4 rings (SSSR count). The van der Waals surface area contributed by atoms with Gasteiger partial charge in [0.25, 0.3) is 5.91 Å². The molecule has 1 amide bonds. The zero-order chi connectivity index (χ0) is 18.1. The highest BCUT2D eigenvalue weighted by Gasteiger charge is 2.24. The number of benzene rings is 1. The van der Waals surface area contributed by atoms with Crippen molar-refractivity contribution in [3.63, 3.8) is 0 Å². The Labute approximate surface area is 155 Å². The molecule has 3 aromatic rings. The molecule has 26 heavy (non-hydrogen) atoms. The van der Waals surface area contributed by atoms with Crippen LogP contribution >= 0.6 is 11.6 Å². The van der Waals surface area contributed by atoms with Gasteiger partial charge in [-0.1, -0.05) is 11.6 Å². The maximum absolute atomic E-state index is 14.9. The van der Waals surface area contributed by atoms with Gasteiger partial charge in [0.15, 0.2) is 5.82 Å². The van der Waals surface area contributed by atoms with Crippen LogP contribution in [0.15, 0.2) is 48.9 Å². The van der Waals surface area contributed by atoms with E-state index in [4.69, 9.17) is 11.6 Å². The number of hydrogen-bond donors (Lipinski definition) is 0. The Morgan fingerprint density at radius 1 is 1.08 bits per heavy atom. The zero-order valence-electron chi connectivity index (χ0n) is 13.9. The molecule has 2 aromatic heterocycles. The molecule has 5 nitrogen and oxygen atoms in total. The molecule has 1 aliphatic heterocycles. The fourth-order valence-electron chi connectivity index (χ4n) is 3.21. The van der Waals surface area contributed by atoms with Gasteiger partial charge in [-0.25, -0.2) is 4.39 Å². The second-order valence-corrected chi connectivity index (χ2v) is 6.52. The summed E-state index contributed by atoms with van der Waals surface area (Å²) >= 11 is 6.11. The Bertz CT molecular complexity index is 958. The van der Waals surface area contributed by atoms with Crippen molar-refractivity contribution in [2.45, 2.75) is 0 Å². The summed E-state index contributed by atoms with van der Waals surface area (Å²) in [6.07, 6.45) is 4.70. The first kappa shape index (κ1) is 16.7. The predicted molar refractivity (Wildman–Crippen MR) is 99.1 cm³/mol. The van der Waals surface area contributed by atoms with Gasteiger partial charge >= 0.3 is 0 Å². The Hall–Kier alpha value is -2.73. The van der Waals surface area contributed by atoms with Crippen molar-refractivity contribution >= 4 is 34.1 Å². The van der Waals surface area contributed by atoms with Crippen LogP contribution in [0.25, 0.3) is 10.9 Å². The summed E-state index contributed by atoms with van der Waals surface area (Å²) in [4.78, 5) is 24.3. The zero-order valence-corrected chi connectivity index (χ0v) is 14.7. The van der Waals surface area contributed by atoms with Crippen LogP contribution in [-0.2, 0) is 0 Å². The van der Waals surface area contributed by atoms with Gasteiger partial charge in [0.1, 0.15) is 5.52 Å². The number of piperazine rings is 1. The van der Waals surface area contributed by atoms with Crippen LogP contribution in [-0.4, -0.2) is 47.0 Å². The van der Waals surface area contributed by atoms with E-state index in [1.807, 2.05) is 4.90 Å². The molecule has 0 bridgehead atoms. The Balaban J connectivity index is 1.53. The first-order valence-corrected chi connectivity index (χ1v) is 8.70. The van der Waals surface area contributed by atoms with Crippen molar-refractivity contribution in [2.24, 2.45) is 0 Å². The van der Waals surface area contributed by atoms with Crippen LogP contribution in [0.5, 0.6) is 0 Å². The number of carbonyl (C=O) groups is 1. The van der Waals surface area contributed by atoms with Crippen LogP contribution in [0, 0.1) is 5.82 Å². The molecule has 132 valence electrons. The summed E-state index contributed by atoms with van der Waals surface area (Å²) in [5.41, 5.74) is 1.32. The minimum Gasteiger partial charge on any atom is -0.366 e. The number of rotatable bonds is 2. The van der Waals surface area contributed by atoms with Crippen molar-refractivity contribution in [3.05, 3.63) is 65.3 Å². The summed E-state index contributed by atoms with van der Waals surface area (Å²) in [6.45, 7) is 2.15. The summed E-state index contributed by atoms with van der Waals surface area (Å²) in [7, 11) is 0. The monoisotopic (exact) mass is 370 g/mol. The Morgan fingerprint density at radius 2 is 1.88 bits per heavy atom. The molecule has 1 aromatic carbocycles. The van der Waals surface area contributed by atoms with Crippen molar-refractivity contribution in [1.29, 1.82) is 0 Å². The summed E-state index contributed by atoms with van der Waals surface area (Å²) < 4.78 is 14.9. The summed E-state index contributed by atoms with van der Waals surface area (Å²) in [5.74, 6) is -0.429. The molecule has 0 N–H and O–H groups in total. The lowest BCUT2D eigenvalue weighted by Gasteiger charge is -2.36. The molecular formula is C19H16ClFN4O. The third-order valence-corrected chi connectivity index (χ3v) is 4.92. The van der Waals surface area contributed by atoms with Gasteiger partial charge in [-0.15, -0.1) is 0 Å². The van der Waals surface area contributed by atoms with Crippen LogP contribution < -0.4 is 4.90 Å². The molecule has 0 atom stereocenters. The number of pyridine rings is 2. The third-order valence-electron chi connectivity index (χ3n) is 4.59. The molecule has 0 radical (unpaired) electrons. The predicted octanol–water partition coefficient (Wildman–Crippen LogP) is 3.38. The molecule has 0 spiro atoms. The second-order valence-electron chi connectivity index (χ2n) is 6.11. The maximum Gasteiger partial charge on any atom is 0.255 e. The van der Waals surface area contributed by atoms with E-state index in [2.05, 4.69) is 9.97 Å². The largest absolute Gasteiger partial charge is 0.366 e. The van der Waals surface area contributed by atoms with Crippen molar-refractivity contribution < 1.29 is 9.18 Å². The number of fused-ring (bicyclic) bond motifs is 1. The number of aromatic nitrogens is 2. The van der Waals surface area contributed by atoms with Crippen molar-refractivity contribution in [2.75, 3.05) is 31.1 Å². The lowest BCUT2D eigenvalue weighted by Crippen LogP contribution is -2.49. The highest BCUT2D eigenvalue weighted by atomic mass is 35.5. The number of hydrogen-bond acceptors (Lipinski definition) is 4. The molecule has 1 fully saturated rings. The van der Waals surface area contributed by atoms with Gasteiger partial charge < -0.3 is 9.80 Å². The molecule has 0 aliphatic carbocycles. The van der Waals surface area contributed by atoms with E-state index < -0.39 is 0 Å². The molecule has 7 heteroatoms. The number of nitrogens with zero attached hydrogens (tertiary/aromatic N) is 4. The van der Waals surface area contributed by atoms with E-state index >= 15 is 0 Å². The fraction of sp³-hybridized carbons (Fsp3) is 0.211. The SMILES string of the molecule is O=C(c1cccnc1)N1CCN(c2ccc3c(Cl)ccnc3c2F)CC1. The second kappa shape index (κ2) is 6.88. The van der Waals surface area contributed by atoms with Crippen LogP contribution in [0.4, 0.5) is 10.1 Å². The number of halogens is 2. The number of carbonyl (C=O) groups excluding carboxylic acids is 1. The summed E-state index contributed by atoms with van der Waals surface area (Å²) in [6, 6.07) is 8.65.